The summed E-state index contributed by atoms with van der Waals surface area (Å²) in [5.41, 5.74) is 2.37. The van der Waals surface area contributed by atoms with Gasteiger partial charge in [0.05, 0.1) is 10.9 Å². The molecule has 2 rings (SSSR count). The predicted octanol–water partition coefficient (Wildman–Crippen LogP) is 5.79. The molecule has 0 spiro atoms. The Kier molecular flexibility index (Phi) is 4.94. The molecule has 0 aliphatic carbocycles. The Morgan fingerprint density at radius 3 is 1.90 bits per heavy atom. The van der Waals surface area contributed by atoms with Crippen molar-refractivity contribution in [3.05, 3.63) is 70.8 Å². The highest BCUT2D eigenvalue weighted by Crippen LogP contribution is 2.30. The van der Waals surface area contributed by atoms with Crippen molar-refractivity contribution < 1.29 is 13.2 Å². The third-order valence-corrected chi connectivity index (χ3v) is 3.85. The molecule has 0 bridgehead atoms. The molecule has 2 aromatic carbocycles. The van der Waals surface area contributed by atoms with E-state index in [1.807, 2.05) is 24.3 Å². The van der Waals surface area contributed by atoms with Gasteiger partial charge in [0.15, 0.2) is 0 Å². The fourth-order valence-electron chi connectivity index (χ4n) is 2.12. The first-order chi connectivity index (χ1) is 9.90. The van der Waals surface area contributed by atoms with Crippen LogP contribution in [0, 0.1) is 0 Å². The largest absolute Gasteiger partial charge is 0.416 e. The molecule has 0 N–H and O–H groups in total. The van der Waals surface area contributed by atoms with Crippen molar-refractivity contribution in [1.82, 2.24) is 0 Å². The molecule has 2 aromatic rings. The van der Waals surface area contributed by atoms with Gasteiger partial charge in [-0.3, -0.25) is 0 Å². The van der Waals surface area contributed by atoms with Crippen molar-refractivity contribution in [3.63, 3.8) is 0 Å². The number of halogens is 4. The second-order valence-electron chi connectivity index (χ2n) is 4.96. The minimum absolute atomic E-state index is 0.243. The standard InChI is InChI=1S/C17H16ClF3/c1-2-12-3-7-14(8-4-12)16(18)11-13-5-9-15(10-6-13)17(19,20)21/h3-10,16H,2,11H2,1H3. The summed E-state index contributed by atoms with van der Waals surface area (Å²) in [6.07, 6.45) is -2.83. The van der Waals surface area contributed by atoms with Crippen LogP contribution in [0.4, 0.5) is 13.2 Å². The van der Waals surface area contributed by atoms with Gasteiger partial charge in [-0.1, -0.05) is 43.3 Å². The Morgan fingerprint density at radius 1 is 0.905 bits per heavy atom. The molecule has 0 heterocycles. The van der Waals surface area contributed by atoms with Crippen LogP contribution in [0.1, 0.15) is 34.6 Å². The zero-order valence-electron chi connectivity index (χ0n) is 11.6. The van der Waals surface area contributed by atoms with E-state index in [9.17, 15) is 13.2 Å². The van der Waals surface area contributed by atoms with Crippen molar-refractivity contribution >= 4 is 11.6 Å². The second kappa shape index (κ2) is 6.52. The first kappa shape index (κ1) is 15.9. The number of aryl methyl sites for hydroxylation is 1. The van der Waals surface area contributed by atoms with Gasteiger partial charge in [-0.25, -0.2) is 0 Å². The minimum atomic E-state index is -4.30. The fraction of sp³-hybridized carbons (Fsp3) is 0.294. The predicted molar refractivity (Wildman–Crippen MR) is 79.6 cm³/mol. The van der Waals surface area contributed by atoms with Crippen molar-refractivity contribution in [2.75, 3.05) is 0 Å². The summed E-state index contributed by atoms with van der Waals surface area (Å²) in [4.78, 5) is 0. The molecule has 0 saturated carbocycles. The summed E-state index contributed by atoms with van der Waals surface area (Å²) >= 11 is 6.34. The molecule has 0 aliphatic rings. The zero-order valence-corrected chi connectivity index (χ0v) is 12.4. The highest BCUT2D eigenvalue weighted by molar-refractivity contribution is 6.20. The van der Waals surface area contributed by atoms with Crippen molar-refractivity contribution in [3.8, 4) is 0 Å². The molecule has 0 amide bonds. The van der Waals surface area contributed by atoms with Crippen LogP contribution in [0.5, 0.6) is 0 Å². The van der Waals surface area contributed by atoms with Crippen molar-refractivity contribution in [2.24, 2.45) is 0 Å². The quantitative estimate of drug-likeness (QED) is 0.627. The van der Waals surface area contributed by atoms with Gasteiger partial charge >= 0.3 is 6.18 Å². The fourth-order valence-corrected chi connectivity index (χ4v) is 2.44. The van der Waals surface area contributed by atoms with Gasteiger partial charge in [0.2, 0.25) is 0 Å². The number of hydrogen-bond donors (Lipinski definition) is 0. The lowest BCUT2D eigenvalue weighted by Gasteiger charge is -2.12. The molecular formula is C17H16ClF3. The molecule has 0 aromatic heterocycles. The topological polar surface area (TPSA) is 0 Å². The van der Waals surface area contributed by atoms with Crippen LogP contribution in [0.3, 0.4) is 0 Å². The molecule has 0 aliphatic heterocycles. The number of hydrogen-bond acceptors (Lipinski definition) is 0. The molecule has 4 heteroatoms. The normalized spacial score (nSPS) is 13.2. The summed E-state index contributed by atoms with van der Waals surface area (Å²) in [6, 6.07) is 13.2. The van der Waals surface area contributed by atoms with E-state index in [1.165, 1.54) is 17.7 Å². The molecule has 112 valence electrons. The van der Waals surface area contributed by atoms with Crippen LogP contribution in [0.15, 0.2) is 48.5 Å². The van der Waals surface area contributed by atoms with E-state index in [0.717, 1.165) is 29.7 Å². The van der Waals surface area contributed by atoms with Gasteiger partial charge in [-0.2, -0.15) is 13.2 Å². The molecule has 1 unspecified atom stereocenters. The van der Waals surface area contributed by atoms with E-state index in [1.54, 1.807) is 0 Å². The van der Waals surface area contributed by atoms with Crippen LogP contribution >= 0.6 is 11.6 Å². The monoisotopic (exact) mass is 312 g/mol. The molecule has 0 radical (unpaired) electrons. The lowest BCUT2D eigenvalue weighted by atomic mass is 10.0. The summed E-state index contributed by atoms with van der Waals surface area (Å²) < 4.78 is 37.5. The van der Waals surface area contributed by atoms with Crippen LogP contribution < -0.4 is 0 Å². The van der Waals surface area contributed by atoms with Crippen LogP contribution in [-0.2, 0) is 19.0 Å². The van der Waals surface area contributed by atoms with E-state index < -0.39 is 11.7 Å². The van der Waals surface area contributed by atoms with E-state index in [-0.39, 0.29) is 5.38 Å². The van der Waals surface area contributed by atoms with Gasteiger partial charge in [0.25, 0.3) is 0 Å². The summed E-state index contributed by atoms with van der Waals surface area (Å²) in [7, 11) is 0. The maximum absolute atomic E-state index is 12.5. The average Bonchev–Trinajstić information content (AvgIpc) is 2.47. The SMILES string of the molecule is CCc1ccc(C(Cl)Cc2ccc(C(F)(F)F)cc2)cc1. The number of rotatable bonds is 4. The van der Waals surface area contributed by atoms with E-state index in [0.29, 0.717) is 6.42 Å². The Morgan fingerprint density at radius 2 is 1.43 bits per heavy atom. The smallest absolute Gasteiger partial charge is 0.166 e. The molecule has 0 nitrogen and oxygen atoms in total. The molecule has 0 fully saturated rings. The van der Waals surface area contributed by atoms with Gasteiger partial charge < -0.3 is 0 Å². The van der Waals surface area contributed by atoms with E-state index >= 15 is 0 Å². The van der Waals surface area contributed by atoms with Crippen molar-refractivity contribution in [2.45, 2.75) is 31.3 Å². The number of alkyl halides is 4. The third-order valence-electron chi connectivity index (χ3n) is 3.45. The number of benzene rings is 2. The van der Waals surface area contributed by atoms with E-state index in [2.05, 4.69) is 6.92 Å². The summed E-state index contributed by atoms with van der Waals surface area (Å²) in [5, 5.41) is -0.243. The summed E-state index contributed by atoms with van der Waals surface area (Å²) in [6.45, 7) is 2.08. The highest BCUT2D eigenvalue weighted by Gasteiger charge is 2.29. The second-order valence-corrected chi connectivity index (χ2v) is 5.49. The zero-order chi connectivity index (χ0) is 15.5. The Bertz CT molecular complexity index is 570. The minimum Gasteiger partial charge on any atom is -0.166 e. The van der Waals surface area contributed by atoms with Crippen LogP contribution in [0.25, 0.3) is 0 Å². The lowest BCUT2D eigenvalue weighted by Crippen LogP contribution is -2.05. The molecule has 1 atom stereocenters. The first-order valence-corrected chi connectivity index (χ1v) is 7.23. The van der Waals surface area contributed by atoms with Gasteiger partial charge in [-0.05, 0) is 41.7 Å². The molecule has 21 heavy (non-hydrogen) atoms. The van der Waals surface area contributed by atoms with Gasteiger partial charge in [0.1, 0.15) is 0 Å². The van der Waals surface area contributed by atoms with Gasteiger partial charge in [-0.15, -0.1) is 11.6 Å². The van der Waals surface area contributed by atoms with E-state index in [4.69, 9.17) is 11.6 Å². The first-order valence-electron chi connectivity index (χ1n) is 6.79. The maximum Gasteiger partial charge on any atom is 0.416 e. The van der Waals surface area contributed by atoms with Crippen LogP contribution in [-0.4, -0.2) is 0 Å². The Hall–Kier alpha value is -1.48. The lowest BCUT2D eigenvalue weighted by molar-refractivity contribution is -0.137. The molecular weight excluding hydrogens is 297 g/mol. The third kappa shape index (κ3) is 4.24. The Labute approximate surface area is 127 Å². The van der Waals surface area contributed by atoms with Gasteiger partial charge in [0, 0.05) is 0 Å². The average molecular weight is 313 g/mol. The Balaban J connectivity index is 2.06. The summed E-state index contributed by atoms with van der Waals surface area (Å²) in [5.74, 6) is 0. The molecule has 0 saturated heterocycles. The maximum atomic E-state index is 12.5. The highest BCUT2D eigenvalue weighted by atomic mass is 35.5. The van der Waals surface area contributed by atoms with Crippen molar-refractivity contribution in [1.29, 1.82) is 0 Å². The van der Waals surface area contributed by atoms with Crippen LogP contribution in [0.2, 0.25) is 0 Å².